The highest BCUT2D eigenvalue weighted by atomic mass is 14.6. The van der Waals surface area contributed by atoms with Gasteiger partial charge in [-0.1, -0.05) is 38.5 Å². The summed E-state index contributed by atoms with van der Waals surface area (Å²) < 4.78 is 0. The van der Waals surface area contributed by atoms with E-state index in [0.29, 0.717) is 5.92 Å². The first-order valence-electron chi connectivity index (χ1n) is 6.03. The molecule has 1 fully saturated rings. The Morgan fingerprint density at radius 2 is 1.87 bits per heavy atom. The molecule has 0 spiro atoms. The molecule has 0 saturated heterocycles. The summed E-state index contributed by atoms with van der Waals surface area (Å²) in [5.41, 5.74) is 8.41. The Morgan fingerprint density at radius 3 is 2.60 bits per heavy atom. The lowest BCUT2D eigenvalue weighted by Gasteiger charge is -2.33. The molecule has 0 amide bonds. The predicted octanol–water partition coefficient (Wildman–Crippen LogP) is 3.81. The molecule has 82 valence electrons. The number of hydrogen-bond acceptors (Lipinski definition) is 1. The Bertz CT molecular complexity index is 332. The zero-order valence-electron chi connectivity index (χ0n) is 9.74. The van der Waals surface area contributed by atoms with Crippen molar-refractivity contribution in [2.24, 2.45) is 11.8 Å². The summed E-state index contributed by atoms with van der Waals surface area (Å²) in [6, 6.07) is 8.36. The Labute approximate surface area is 92.7 Å². The third-order valence-corrected chi connectivity index (χ3v) is 3.85. The maximum Gasteiger partial charge on any atom is 0.0349 e. The highest BCUT2D eigenvalue weighted by molar-refractivity contribution is 5.48. The van der Waals surface area contributed by atoms with E-state index in [0.717, 1.165) is 17.5 Å². The third kappa shape index (κ3) is 2.17. The van der Waals surface area contributed by atoms with E-state index in [1.165, 1.54) is 24.8 Å². The SMILES string of the molecule is C[C@@H]1CC[C@@H](C)[C@@H](c2ccccc2N)C1. The van der Waals surface area contributed by atoms with Gasteiger partial charge in [0.25, 0.3) is 0 Å². The van der Waals surface area contributed by atoms with Crippen LogP contribution in [-0.2, 0) is 0 Å². The summed E-state index contributed by atoms with van der Waals surface area (Å²) in [6.45, 7) is 4.72. The van der Waals surface area contributed by atoms with Crippen LogP contribution >= 0.6 is 0 Å². The highest BCUT2D eigenvalue weighted by Crippen LogP contribution is 2.41. The summed E-state index contributed by atoms with van der Waals surface area (Å²) in [4.78, 5) is 0. The van der Waals surface area contributed by atoms with Crippen molar-refractivity contribution in [1.29, 1.82) is 0 Å². The number of nitrogens with two attached hydrogens (primary N) is 1. The van der Waals surface area contributed by atoms with Crippen LogP contribution in [-0.4, -0.2) is 0 Å². The van der Waals surface area contributed by atoms with Gasteiger partial charge in [0, 0.05) is 5.69 Å². The fraction of sp³-hybridized carbons (Fsp3) is 0.571. The average molecular weight is 203 g/mol. The molecule has 1 aliphatic rings. The number of rotatable bonds is 1. The maximum atomic E-state index is 6.06. The molecular formula is C14H21N. The lowest BCUT2D eigenvalue weighted by Crippen LogP contribution is -2.20. The van der Waals surface area contributed by atoms with E-state index in [4.69, 9.17) is 5.73 Å². The van der Waals surface area contributed by atoms with Crippen LogP contribution < -0.4 is 5.73 Å². The van der Waals surface area contributed by atoms with Gasteiger partial charge in [0.1, 0.15) is 0 Å². The van der Waals surface area contributed by atoms with Gasteiger partial charge >= 0.3 is 0 Å². The normalized spacial score (nSPS) is 31.5. The molecule has 0 radical (unpaired) electrons. The lowest BCUT2D eigenvalue weighted by molar-refractivity contribution is 0.265. The second-order valence-corrected chi connectivity index (χ2v) is 5.13. The van der Waals surface area contributed by atoms with Gasteiger partial charge < -0.3 is 5.73 Å². The molecule has 1 nitrogen and oxygen atoms in total. The molecule has 1 aliphatic carbocycles. The summed E-state index contributed by atoms with van der Waals surface area (Å²) >= 11 is 0. The smallest absolute Gasteiger partial charge is 0.0349 e. The van der Waals surface area contributed by atoms with E-state index in [9.17, 15) is 0 Å². The average Bonchev–Trinajstić information content (AvgIpc) is 2.23. The van der Waals surface area contributed by atoms with E-state index in [2.05, 4.69) is 26.0 Å². The van der Waals surface area contributed by atoms with E-state index in [1.807, 2.05) is 12.1 Å². The lowest BCUT2D eigenvalue weighted by atomic mass is 9.72. The van der Waals surface area contributed by atoms with Crippen LogP contribution in [0.4, 0.5) is 5.69 Å². The number of hydrogen-bond donors (Lipinski definition) is 1. The second kappa shape index (κ2) is 4.26. The van der Waals surface area contributed by atoms with Crippen molar-refractivity contribution in [2.75, 3.05) is 5.73 Å². The molecular weight excluding hydrogens is 182 g/mol. The summed E-state index contributed by atoms with van der Waals surface area (Å²) in [7, 11) is 0. The Morgan fingerprint density at radius 1 is 1.13 bits per heavy atom. The molecule has 3 atom stereocenters. The van der Waals surface area contributed by atoms with Gasteiger partial charge in [-0.3, -0.25) is 0 Å². The molecule has 2 rings (SSSR count). The third-order valence-electron chi connectivity index (χ3n) is 3.85. The minimum absolute atomic E-state index is 0.676. The minimum Gasteiger partial charge on any atom is -0.398 e. The topological polar surface area (TPSA) is 26.0 Å². The first kappa shape index (κ1) is 10.5. The van der Waals surface area contributed by atoms with Gasteiger partial charge in [0.15, 0.2) is 0 Å². The number of para-hydroxylation sites is 1. The van der Waals surface area contributed by atoms with Gasteiger partial charge in [0.2, 0.25) is 0 Å². The monoisotopic (exact) mass is 203 g/mol. The Kier molecular flexibility index (Phi) is 2.99. The van der Waals surface area contributed by atoms with Crippen LogP contribution in [0.1, 0.15) is 44.6 Å². The zero-order chi connectivity index (χ0) is 10.8. The fourth-order valence-electron chi connectivity index (χ4n) is 2.81. The quantitative estimate of drug-likeness (QED) is 0.690. The zero-order valence-corrected chi connectivity index (χ0v) is 9.74. The van der Waals surface area contributed by atoms with Gasteiger partial charge in [0.05, 0.1) is 0 Å². The predicted molar refractivity (Wildman–Crippen MR) is 65.8 cm³/mol. The van der Waals surface area contributed by atoms with E-state index in [-0.39, 0.29) is 0 Å². The molecule has 0 aliphatic heterocycles. The van der Waals surface area contributed by atoms with Crippen LogP contribution in [0.2, 0.25) is 0 Å². The Hall–Kier alpha value is -0.980. The molecule has 0 bridgehead atoms. The van der Waals surface area contributed by atoms with E-state index >= 15 is 0 Å². The molecule has 0 heterocycles. The van der Waals surface area contributed by atoms with E-state index in [1.54, 1.807) is 0 Å². The maximum absolute atomic E-state index is 6.06. The minimum atomic E-state index is 0.676. The van der Waals surface area contributed by atoms with Crippen LogP contribution in [0.15, 0.2) is 24.3 Å². The van der Waals surface area contributed by atoms with Crippen LogP contribution in [0.3, 0.4) is 0 Å². The molecule has 1 saturated carbocycles. The standard InChI is InChI=1S/C14H21N/c1-10-7-8-11(2)13(9-10)12-5-3-4-6-14(12)15/h3-6,10-11,13H,7-9,15H2,1-2H3/t10-,11-,13+/m1/s1. The summed E-state index contributed by atoms with van der Waals surface area (Å²) in [5.74, 6) is 2.31. The summed E-state index contributed by atoms with van der Waals surface area (Å²) in [5, 5.41) is 0. The van der Waals surface area contributed by atoms with Crippen molar-refractivity contribution in [2.45, 2.75) is 39.0 Å². The largest absolute Gasteiger partial charge is 0.398 e. The van der Waals surface area contributed by atoms with Crippen molar-refractivity contribution in [3.05, 3.63) is 29.8 Å². The molecule has 0 aromatic heterocycles. The number of benzene rings is 1. The van der Waals surface area contributed by atoms with Gasteiger partial charge in [-0.05, 0) is 42.2 Å². The van der Waals surface area contributed by atoms with Crippen LogP contribution in [0.25, 0.3) is 0 Å². The van der Waals surface area contributed by atoms with Gasteiger partial charge in [-0.25, -0.2) is 0 Å². The molecule has 0 unspecified atom stereocenters. The van der Waals surface area contributed by atoms with Crippen molar-refractivity contribution in [3.8, 4) is 0 Å². The van der Waals surface area contributed by atoms with Gasteiger partial charge in [-0.15, -0.1) is 0 Å². The van der Waals surface area contributed by atoms with Crippen LogP contribution in [0, 0.1) is 11.8 Å². The molecule has 15 heavy (non-hydrogen) atoms. The first-order valence-corrected chi connectivity index (χ1v) is 6.03. The fourth-order valence-corrected chi connectivity index (χ4v) is 2.81. The van der Waals surface area contributed by atoms with Crippen molar-refractivity contribution < 1.29 is 0 Å². The number of nitrogen functional groups attached to an aromatic ring is 1. The molecule has 1 heteroatoms. The molecule has 1 aromatic rings. The van der Waals surface area contributed by atoms with Crippen molar-refractivity contribution in [3.63, 3.8) is 0 Å². The number of anilines is 1. The van der Waals surface area contributed by atoms with Crippen LogP contribution in [0.5, 0.6) is 0 Å². The second-order valence-electron chi connectivity index (χ2n) is 5.13. The molecule has 2 N–H and O–H groups in total. The van der Waals surface area contributed by atoms with Crippen molar-refractivity contribution in [1.82, 2.24) is 0 Å². The molecule has 1 aromatic carbocycles. The first-order chi connectivity index (χ1) is 7.18. The van der Waals surface area contributed by atoms with Crippen molar-refractivity contribution >= 4 is 5.69 Å². The van der Waals surface area contributed by atoms with E-state index < -0.39 is 0 Å². The van der Waals surface area contributed by atoms with Gasteiger partial charge in [-0.2, -0.15) is 0 Å². The Balaban J connectivity index is 2.25. The highest BCUT2D eigenvalue weighted by Gasteiger charge is 2.27. The summed E-state index contributed by atoms with van der Waals surface area (Å²) in [6.07, 6.45) is 4.03.